The molecule has 0 unspecified atom stereocenters. The number of esters is 1. The monoisotopic (exact) mass is 356 g/mol. The topological polar surface area (TPSA) is 72.6 Å². The van der Waals surface area contributed by atoms with Crippen molar-refractivity contribution < 1.29 is 18.8 Å². The maximum atomic E-state index is 12.1. The first-order chi connectivity index (χ1) is 10.9. The number of rotatable bonds is 5. The smallest absolute Gasteiger partial charge is 0.303 e. The highest BCUT2D eigenvalue weighted by molar-refractivity contribution is 6.36. The first-order valence-corrected chi connectivity index (χ1v) is 7.54. The number of anilines is 1. The molecule has 1 amide bonds. The molecule has 122 valence electrons. The van der Waals surface area contributed by atoms with Crippen LogP contribution < -0.4 is 4.90 Å². The lowest BCUT2D eigenvalue weighted by Crippen LogP contribution is -2.34. The molecule has 2 aromatic rings. The third-order valence-corrected chi connectivity index (χ3v) is 3.59. The number of aromatic nitrogens is 1. The summed E-state index contributed by atoms with van der Waals surface area (Å²) in [6.45, 7) is 2.89. The Morgan fingerprint density at radius 2 is 1.91 bits per heavy atom. The fourth-order valence-electron chi connectivity index (χ4n) is 1.90. The highest BCUT2D eigenvalue weighted by Gasteiger charge is 2.25. The number of carbonyl (C=O) groups is 2. The zero-order chi connectivity index (χ0) is 17.0. The van der Waals surface area contributed by atoms with Gasteiger partial charge in [-0.1, -0.05) is 28.4 Å². The van der Waals surface area contributed by atoms with Gasteiger partial charge in [0, 0.05) is 24.1 Å². The van der Waals surface area contributed by atoms with Gasteiger partial charge >= 0.3 is 5.97 Å². The van der Waals surface area contributed by atoms with Gasteiger partial charge in [-0.15, -0.1) is 0 Å². The number of ether oxygens (including phenoxy) is 1. The molecule has 1 aromatic heterocycles. The van der Waals surface area contributed by atoms with Crippen molar-refractivity contribution >= 4 is 40.9 Å². The lowest BCUT2D eigenvalue weighted by Gasteiger charge is -2.17. The summed E-state index contributed by atoms with van der Waals surface area (Å²) in [7, 11) is 0. The lowest BCUT2D eigenvalue weighted by atomic mass is 10.2. The molecule has 0 radical (unpaired) electrons. The normalized spacial score (nSPS) is 10.4. The Labute approximate surface area is 142 Å². The van der Waals surface area contributed by atoms with Crippen LogP contribution in [0.25, 0.3) is 11.3 Å². The van der Waals surface area contributed by atoms with Gasteiger partial charge in [-0.3, -0.25) is 14.5 Å². The predicted octanol–water partition coefficient (Wildman–Crippen LogP) is 3.56. The van der Waals surface area contributed by atoms with E-state index in [0.29, 0.717) is 22.9 Å². The van der Waals surface area contributed by atoms with Crippen molar-refractivity contribution in [2.45, 2.75) is 13.8 Å². The van der Waals surface area contributed by atoms with Gasteiger partial charge in [0.1, 0.15) is 5.02 Å². The minimum Gasteiger partial charge on any atom is -0.456 e. The molecular weight excluding hydrogens is 343 g/mol. The summed E-state index contributed by atoms with van der Waals surface area (Å²) in [6.07, 6.45) is 0. The number of nitrogens with zero attached hydrogens (tertiary/aromatic N) is 2. The van der Waals surface area contributed by atoms with E-state index in [9.17, 15) is 9.59 Å². The van der Waals surface area contributed by atoms with Gasteiger partial charge in [0.15, 0.2) is 18.2 Å². The Morgan fingerprint density at radius 1 is 1.26 bits per heavy atom. The van der Waals surface area contributed by atoms with Crippen LogP contribution in [0.1, 0.15) is 13.8 Å². The summed E-state index contributed by atoms with van der Waals surface area (Å²) in [5.74, 6) is -0.476. The van der Waals surface area contributed by atoms with Crippen molar-refractivity contribution in [2.75, 3.05) is 18.1 Å². The van der Waals surface area contributed by atoms with Crippen LogP contribution in [0.5, 0.6) is 0 Å². The average Bonchev–Trinajstić information content (AvgIpc) is 2.89. The van der Waals surface area contributed by atoms with Crippen LogP contribution in [-0.4, -0.2) is 30.2 Å². The molecule has 0 spiro atoms. The molecule has 2 rings (SSSR count). The summed E-state index contributed by atoms with van der Waals surface area (Å²) in [6, 6.07) is 6.85. The van der Waals surface area contributed by atoms with Crippen LogP contribution in [0.2, 0.25) is 10.0 Å². The highest BCUT2D eigenvalue weighted by atomic mass is 35.5. The van der Waals surface area contributed by atoms with Gasteiger partial charge in [0.05, 0.1) is 0 Å². The average molecular weight is 357 g/mol. The van der Waals surface area contributed by atoms with Crippen molar-refractivity contribution in [3.63, 3.8) is 0 Å². The molecule has 23 heavy (non-hydrogen) atoms. The van der Waals surface area contributed by atoms with E-state index in [4.69, 9.17) is 32.5 Å². The van der Waals surface area contributed by atoms with Gasteiger partial charge in [0.25, 0.3) is 5.91 Å². The standard InChI is InChI=1S/C15H14Cl2N2O4/c1-3-19(12(21)8-22-9(2)20)15-13(17)14(23-18-15)10-4-6-11(16)7-5-10/h4-7H,3,8H2,1-2H3. The molecule has 0 saturated carbocycles. The summed E-state index contributed by atoms with van der Waals surface area (Å²) in [5, 5.41) is 4.64. The fourth-order valence-corrected chi connectivity index (χ4v) is 2.31. The molecule has 0 fully saturated rings. The Balaban J connectivity index is 2.27. The van der Waals surface area contributed by atoms with Crippen LogP contribution >= 0.6 is 23.2 Å². The Hall–Kier alpha value is -2.05. The van der Waals surface area contributed by atoms with Crippen LogP contribution in [-0.2, 0) is 14.3 Å². The molecule has 0 bridgehead atoms. The lowest BCUT2D eigenvalue weighted by molar-refractivity contribution is -0.145. The Kier molecular flexibility index (Phi) is 5.63. The minimum absolute atomic E-state index is 0.177. The van der Waals surface area contributed by atoms with E-state index in [2.05, 4.69) is 5.16 Å². The summed E-state index contributed by atoms with van der Waals surface area (Å²) in [4.78, 5) is 24.2. The first kappa shape index (κ1) is 17.3. The summed E-state index contributed by atoms with van der Waals surface area (Å²) in [5.41, 5.74) is 0.682. The van der Waals surface area contributed by atoms with E-state index >= 15 is 0 Å². The second kappa shape index (κ2) is 7.48. The summed E-state index contributed by atoms with van der Waals surface area (Å²) < 4.78 is 9.96. The van der Waals surface area contributed by atoms with E-state index in [1.54, 1.807) is 31.2 Å². The fraction of sp³-hybridized carbons (Fsp3) is 0.267. The largest absolute Gasteiger partial charge is 0.456 e. The molecule has 0 saturated heterocycles. The second-order valence-electron chi connectivity index (χ2n) is 4.57. The van der Waals surface area contributed by atoms with Crippen LogP contribution in [0.15, 0.2) is 28.8 Å². The van der Waals surface area contributed by atoms with Crippen molar-refractivity contribution in [3.05, 3.63) is 34.3 Å². The van der Waals surface area contributed by atoms with E-state index < -0.39 is 11.9 Å². The van der Waals surface area contributed by atoms with Gasteiger partial charge in [-0.25, -0.2) is 0 Å². The third-order valence-electron chi connectivity index (χ3n) is 3.00. The van der Waals surface area contributed by atoms with E-state index in [0.717, 1.165) is 0 Å². The number of likely N-dealkylation sites (N-methyl/N-ethyl adjacent to an activating group) is 1. The van der Waals surface area contributed by atoms with E-state index in [1.165, 1.54) is 11.8 Å². The quantitative estimate of drug-likeness (QED) is 0.765. The second-order valence-corrected chi connectivity index (χ2v) is 5.39. The van der Waals surface area contributed by atoms with Crippen LogP contribution in [0.4, 0.5) is 5.82 Å². The summed E-state index contributed by atoms with van der Waals surface area (Å²) >= 11 is 12.1. The molecular formula is C15H14Cl2N2O4. The highest BCUT2D eigenvalue weighted by Crippen LogP contribution is 2.36. The maximum absolute atomic E-state index is 12.1. The number of hydrogen-bond acceptors (Lipinski definition) is 5. The van der Waals surface area contributed by atoms with Gasteiger partial charge in [0.2, 0.25) is 0 Å². The molecule has 0 aliphatic carbocycles. The maximum Gasteiger partial charge on any atom is 0.303 e. The number of halogens is 2. The first-order valence-electron chi connectivity index (χ1n) is 6.78. The van der Waals surface area contributed by atoms with Crippen molar-refractivity contribution in [1.82, 2.24) is 5.16 Å². The molecule has 6 nitrogen and oxygen atoms in total. The molecule has 0 atom stereocenters. The predicted molar refractivity (Wildman–Crippen MR) is 86.6 cm³/mol. The SMILES string of the molecule is CCN(C(=O)COC(C)=O)c1noc(-c2ccc(Cl)cc2)c1Cl. The number of hydrogen-bond donors (Lipinski definition) is 0. The van der Waals surface area contributed by atoms with Gasteiger partial charge < -0.3 is 9.26 Å². The van der Waals surface area contributed by atoms with Crippen molar-refractivity contribution in [2.24, 2.45) is 0 Å². The molecule has 0 N–H and O–H groups in total. The van der Waals surface area contributed by atoms with Crippen molar-refractivity contribution in [1.29, 1.82) is 0 Å². The number of carbonyl (C=O) groups excluding carboxylic acids is 2. The van der Waals surface area contributed by atoms with Crippen LogP contribution in [0.3, 0.4) is 0 Å². The third kappa shape index (κ3) is 4.03. The molecule has 1 aromatic carbocycles. The van der Waals surface area contributed by atoms with E-state index in [-0.39, 0.29) is 17.4 Å². The van der Waals surface area contributed by atoms with Crippen LogP contribution in [0, 0.1) is 0 Å². The molecule has 0 aliphatic heterocycles. The minimum atomic E-state index is -0.539. The molecule has 1 heterocycles. The number of benzene rings is 1. The van der Waals surface area contributed by atoms with Gasteiger partial charge in [-0.05, 0) is 31.2 Å². The zero-order valence-corrected chi connectivity index (χ0v) is 14.0. The zero-order valence-electron chi connectivity index (χ0n) is 12.5. The Morgan fingerprint density at radius 3 is 2.48 bits per heavy atom. The number of amides is 1. The van der Waals surface area contributed by atoms with Crippen molar-refractivity contribution in [3.8, 4) is 11.3 Å². The molecule has 8 heteroatoms. The van der Waals surface area contributed by atoms with Gasteiger partial charge in [-0.2, -0.15) is 0 Å². The molecule has 0 aliphatic rings. The van der Waals surface area contributed by atoms with E-state index in [1.807, 2.05) is 0 Å². The Bertz CT molecular complexity index is 713.